The quantitative estimate of drug-likeness (QED) is 0.348. The summed E-state index contributed by atoms with van der Waals surface area (Å²) in [6, 6.07) is 17.7. The van der Waals surface area contributed by atoms with Crippen LogP contribution in [-0.4, -0.2) is 12.1 Å². The van der Waals surface area contributed by atoms with Gasteiger partial charge in [-0.15, -0.1) is 0 Å². The van der Waals surface area contributed by atoms with Crippen LogP contribution in [0.5, 0.6) is 5.75 Å². The third kappa shape index (κ3) is 7.97. The molecule has 4 nitrogen and oxygen atoms in total. The van der Waals surface area contributed by atoms with E-state index in [0.717, 1.165) is 29.7 Å². The Morgan fingerprint density at radius 3 is 2.46 bits per heavy atom. The Kier molecular flexibility index (Phi) is 8.98. The smallest absolute Gasteiger partial charge is 0.240 e. The SMILES string of the molecule is CCCCCCCC(=O)N/N=C/c1ccc(OCc2ccccc2)cc1. The summed E-state index contributed by atoms with van der Waals surface area (Å²) in [6.45, 7) is 2.73. The maximum absolute atomic E-state index is 11.7. The zero-order valence-corrected chi connectivity index (χ0v) is 15.5. The Balaban J connectivity index is 1.67. The molecule has 1 N–H and O–H groups in total. The highest BCUT2D eigenvalue weighted by atomic mass is 16.5. The highest BCUT2D eigenvalue weighted by molar-refractivity contribution is 5.82. The van der Waals surface area contributed by atoms with Crippen molar-refractivity contribution in [3.05, 3.63) is 65.7 Å². The molecule has 0 aliphatic carbocycles. The fourth-order valence-corrected chi connectivity index (χ4v) is 2.51. The van der Waals surface area contributed by atoms with Gasteiger partial charge in [-0.05, 0) is 41.8 Å². The van der Waals surface area contributed by atoms with Crippen molar-refractivity contribution in [2.45, 2.75) is 52.1 Å². The van der Waals surface area contributed by atoms with Crippen LogP contribution in [0.4, 0.5) is 0 Å². The molecule has 26 heavy (non-hydrogen) atoms. The number of benzene rings is 2. The van der Waals surface area contributed by atoms with E-state index in [2.05, 4.69) is 17.5 Å². The van der Waals surface area contributed by atoms with Crippen molar-refractivity contribution in [1.29, 1.82) is 0 Å². The molecule has 2 aromatic rings. The van der Waals surface area contributed by atoms with Crippen LogP contribution in [0.25, 0.3) is 0 Å². The molecule has 0 aliphatic rings. The first kappa shape index (κ1) is 19.7. The lowest BCUT2D eigenvalue weighted by Gasteiger charge is -2.06. The Hall–Kier alpha value is -2.62. The van der Waals surface area contributed by atoms with Gasteiger partial charge >= 0.3 is 0 Å². The molecule has 2 rings (SSSR count). The van der Waals surface area contributed by atoms with Gasteiger partial charge in [-0.3, -0.25) is 4.79 Å². The third-order valence-corrected chi connectivity index (χ3v) is 4.04. The van der Waals surface area contributed by atoms with Crippen molar-refractivity contribution in [3.63, 3.8) is 0 Å². The predicted octanol–water partition coefficient (Wildman–Crippen LogP) is 5.08. The second kappa shape index (κ2) is 11.9. The number of hydrogen-bond donors (Lipinski definition) is 1. The van der Waals surface area contributed by atoms with E-state index in [-0.39, 0.29) is 5.91 Å². The molecule has 0 unspecified atom stereocenters. The molecule has 1 amide bonds. The molecule has 0 heterocycles. The van der Waals surface area contributed by atoms with Crippen LogP contribution in [0.3, 0.4) is 0 Å². The Labute approximate surface area is 156 Å². The molecule has 0 saturated heterocycles. The minimum atomic E-state index is -0.0273. The van der Waals surface area contributed by atoms with Crippen molar-refractivity contribution in [2.24, 2.45) is 5.10 Å². The highest BCUT2D eigenvalue weighted by Crippen LogP contribution is 2.13. The van der Waals surface area contributed by atoms with Gasteiger partial charge in [-0.1, -0.05) is 62.9 Å². The van der Waals surface area contributed by atoms with Crippen molar-refractivity contribution in [2.75, 3.05) is 0 Å². The lowest BCUT2D eigenvalue weighted by molar-refractivity contribution is -0.121. The van der Waals surface area contributed by atoms with Crippen LogP contribution in [0.15, 0.2) is 59.7 Å². The van der Waals surface area contributed by atoms with Crippen LogP contribution < -0.4 is 10.2 Å². The summed E-state index contributed by atoms with van der Waals surface area (Å²) in [7, 11) is 0. The number of nitrogens with zero attached hydrogens (tertiary/aromatic N) is 1. The predicted molar refractivity (Wildman–Crippen MR) is 106 cm³/mol. The van der Waals surface area contributed by atoms with E-state index in [1.807, 2.05) is 54.6 Å². The molecule has 0 atom stereocenters. The van der Waals surface area contributed by atoms with E-state index in [0.29, 0.717) is 13.0 Å². The zero-order valence-electron chi connectivity index (χ0n) is 15.5. The van der Waals surface area contributed by atoms with Gasteiger partial charge in [0.05, 0.1) is 6.21 Å². The Morgan fingerprint density at radius 1 is 1.00 bits per heavy atom. The van der Waals surface area contributed by atoms with E-state index in [1.54, 1.807) is 6.21 Å². The second-order valence-electron chi connectivity index (χ2n) is 6.30. The molecular weight excluding hydrogens is 324 g/mol. The summed E-state index contributed by atoms with van der Waals surface area (Å²) in [5, 5.41) is 4.01. The van der Waals surface area contributed by atoms with Crippen LogP contribution in [0.1, 0.15) is 56.6 Å². The van der Waals surface area contributed by atoms with Crippen LogP contribution >= 0.6 is 0 Å². The average Bonchev–Trinajstić information content (AvgIpc) is 2.68. The van der Waals surface area contributed by atoms with Crippen LogP contribution in [0, 0.1) is 0 Å². The van der Waals surface area contributed by atoms with Gasteiger partial charge in [-0.2, -0.15) is 5.10 Å². The molecule has 2 aromatic carbocycles. The molecule has 0 saturated carbocycles. The van der Waals surface area contributed by atoms with Crippen molar-refractivity contribution < 1.29 is 9.53 Å². The Bertz CT molecular complexity index is 666. The van der Waals surface area contributed by atoms with Crippen molar-refractivity contribution >= 4 is 12.1 Å². The number of rotatable bonds is 11. The standard InChI is InChI=1S/C22H28N2O2/c1-2-3-4-5-9-12-22(25)24-23-17-19-13-15-21(16-14-19)26-18-20-10-7-6-8-11-20/h6-8,10-11,13-17H,2-5,9,12,18H2,1H3,(H,24,25)/b23-17+. The number of carbonyl (C=O) groups excluding carboxylic acids is 1. The molecule has 0 bridgehead atoms. The number of ether oxygens (including phenoxy) is 1. The maximum atomic E-state index is 11.7. The minimum absolute atomic E-state index is 0.0273. The maximum Gasteiger partial charge on any atom is 0.240 e. The summed E-state index contributed by atoms with van der Waals surface area (Å²) in [5.41, 5.74) is 4.63. The number of hydrazone groups is 1. The molecule has 0 fully saturated rings. The van der Waals surface area contributed by atoms with Gasteiger partial charge in [-0.25, -0.2) is 5.43 Å². The lowest BCUT2D eigenvalue weighted by atomic mass is 10.1. The zero-order chi connectivity index (χ0) is 18.5. The number of amides is 1. The van der Waals surface area contributed by atoms with Crippen LogP contribution in [0.2, 0.25) is 0 Å². The summed E-state index contributed by atoms with van der Waals surface area (Å²) in [5.74, 6) is 0.780. The number of carbonyl (C=O) groups is 1. The summed E-state index contributed by atoms with van der Waals surface area (Å²) >= 11 is 0. The van der Waals surface area contributed by atoms with Crippen LogP contribution in [-0.2, 0) is 11.4 Å². The van der Waals surface area contributed by atoms with E-state index in [9.17, 15) is 4.79 Å². The van der Waals surface area contributed by atoms with Gasteiger partial charge in [0.1, 0.15) is 12.4 Å². The molecule has 0 radical (unpaired) electrons. The minimum Gasteiger partial charge on any atom is -0.489 e. The van der Waals surface area contributed by atoms with Crippen molar-refractivity contribution in [1.82, 2.24) is 5.43 Å². The van der Waals surface area contributed by atoms with Gasteiger partial charge in [0.15, 0.2) is 0 Å². The third-order valence-electron chi connectivity index (χ3n) is 4.04. The molecule has 0 spiro atoms. The van der Waals surface area contributed by atoms with Crippen molar-refractivity contribution in [3.8, 4) is 5.75 Å². The lowest BCUT2D eigenvalue weighted by Crippen LogP contribution is -2.16. The van der Waals surface area contributed by atoms with E-state index in [1.165, 1.54) is 19.3 Å². The van der Waals surface area contributed by atoms with E-state index >= 15 is 0 Å². The van der Waals surface area contributed by atoms with Gasteiger partial charge < -0.3 is 4.74 Å². The van der Waals surface area contributed by atoms with Gasteiger partial charge in [0.2, 0.25) is 5.91 Å². The number of unbranched alkanes of at least 4 members (excludes halogenated alkanes) is 4. The summed E-state index contributed by atoms with van der Waals surface area (Å²) in [4.78, 5) is 11.7. The topological polar surface area (TPSA) is 50.7 Å². The normalized spacial score (nSPS) is 10.8. The largest absolute Gasteiger partial charge is 0.489 e. The average molecular weight is 352 g/mol. The van der Waals surface area contributed by atoms with Gasteiger partial charge in [0.25, 0.3) is 0 Å². The second-order valence-corrected chi connectivity index (χ2v) is 6.30. The Morgan fingerprint density at radius 2 is 1.73 bits per heavy atom. The molecule has 138 valence electrons. The molecule has 4 heteroatoms. The van der Waals surface area contributed by atoms with E-state index < -0.39 is 0 Å². The first-order valence-electron chi connectivity index (χ1n) is 9.36. The number of nitrogens with one attached hydrogen (secondary N) is 1. The monoisotopic (exact) mass is 352 g/mol. The first-order chi connectivity index (χ1) is 12.8. The summed E-state index contributed by atoms with van der Waals surface area (Å²) in [6.07, 6.45) is 7.87. The summed E-state index contributed by atoms with van der Waals surface area (Å²) < 4.78 is 5.75. The number of hydrogen-bond acceptors (Lipinski definition) is 3. The van der Waals surface area contributed by atoms with E-state index in [4.69, 9.17) is 4.74 Å². The molecular formula is C22H28N2O2. The highest BCUT2D eigenvalue weighted by Gasteiger charge is 1.99. The fourth-order valence-electron chi connectivity index (χ4n) is 2.51. The fraction of sp³-hybridized carbons (Fsp3) is 0.364. The van der Waals surface area contributed by atoms with Gasteiger partial charge in [0, 0.05) is 6.42 Å². The molecule has 0 aromatic heterocycles. The molecule has 0 aliphatic heterocycles. The first-order valence-corrected chi connectivity index (χ1v) is 9.36.